The van der Waals surface area contributed by atoms with Crippen LogP contribution in [-0.4, -0.2) is 44.4 Å². The van der Waals surface area contributed by atoms with Crippen molar-refractivity contribution < 1.29 is 27.8 Å². The van der Waals surface area contributed by atoms with Crippen molar-refractivity contribution in [2.45, 2.75) is 31.0 Å². The number of nitrogens with one attached hydrogen (secondary N) is 2. The van der Waals surface area contributed by atoms with Crippen molar-refractivity contribution in [1.82, 2.24) is 4.72 Å². The molecule has 0 fully saturated rings. The highest BCUT2D eigenvalue weighted by molar-refractivity contribution is 7.89. The van der Waals surface area contributed by atoms with Crippen molar-refractivity contribution in [3.63, 3.8) is 0 Å². The molecule has 3 aromatic rings. The molecule has 4 N–H and O–H groups in total. The zero-order valence-electron chi connectivity index (χ0n) is 19.6. The lowest BCUT2D eigenvalue weighted by Gasteiger charge is -2.19. The zero-order chi connectivity index (χ0) is 26.5. The Labute approximate surface area is 219 Å². The van der Waals surface area contributed by atoms with Crippen molar-refractivity contribution in [1.29, 1.82) is 0 Å². The number of aliphatic hydroxyl groups is 2. The van der Waals surface area contributed by atoms with Gasteiger partial charge < -0.3 is 20.3 Å². The average Bonchev–Trinajstić information content (AvgIpc) is 2.81. The summed E-state index contributed by atoms with van der Waals surface area (Å²) < 4.78 is 48.1. The van der Waals surface area contributed by atoms with Gasteiger partial charge in [0, 0.05) is 28.7 Å². The van der Waals surface area contributed by atoms with E-state index in [1.54, 1.807) is 0 Å². The monoisotopic (exact) mass is 556 g/mol. The molecule has 7 nitrogen and oxygen atoms in total. The summed E-state index contributed by atoms with van der Waals surface area (Å²) in [5, 5.41) is 23.8. The van der Waals surface area contributed by atoms with Crippen molar-refractivity contribution in [3.8, 4) is 5.75 Å². The van der Waals surface area contributed by atoms with Crippen LogP contribution in [0.4, 0.5) is 10.1 Å². The molecular weight excluding hydrogens is 530 g/mol. The molecule has 0 aromatic heterocycles. The third-order valence-corrected chi connectivity index (χ3v) is 7.42. The van der Waals surface area contributed by atoms with E-state index < -0.39 is 34.6 Å². The molecule has 0 saturated carbocycles. The second-order valence-electron chi connectivity index (χ2n) is 8.21. The molecule has 0 aliphatic carbocycles. The number of hydrogen-bond donors (Lipinski definition) is 4. The van der Waals surface area contributed by atoms with Crippen LogP contribution >= 0.6 is 23.2 Å². The van der Waals surface area contributed by atoms with Gasteiger partial charge in [-0.2, -0.15) is 0 Å². The molecule has 11 heteroatoms. The fraction of sp³-hybridized carbons (Fsp3) is 0.280. The van der Waals surface area contributed by atoms with Crippen LogP contribution in [-0.2, 0) is 10.0 Å². The minimum atomic E-state index is -4.19. The maximum atomic E-state index is 14.1. The van der Waals surface area contributed by atoms with Crippen LogP contribution < -0.4 is 14.8 Å². The van der Waals surface area contributed by atoms with Crippen LogP contribution in [0.3, 0.4) is 0 Å². The Morgan fingerprint density at radius 2 is 1.67 bits per heavy atom. The molecule has 3 rings (SSSR count). The third kappa shape index (κ3) is 7.09. The number of ether oxygens (including phenoxy) is 1. The first-order valence-electron chi connectivity index (χ1n) is 11.0. The molecule has 0 radical (unpaired) electrons. The van der Waals surface area contributed by atoms with E-state index in [2.05, 4.69) is 10.0 Å². The number of halogens is 3. The summed E-state index contributed by atoms with van der Waals surface area (Å²) in [5.41, 5.74) is 1.84. The van der Waals surface area contributed by atoms with Gasteiger partial charge >= 0.3 is 0 Å². The van der Waals surface area contributed by atoms with Crippen LogP contribution in [0.5, 0.6) is 5.75 Å². The predicted molar refractivity (Wildman–Crippen MR) is 139 cm³/mol. The highest BCUT2D eigenvalue weighted by Gasteiger charge is 2.23. The summed E-state index contributed by atoms with van der Waals surface area (Å²) in [5.74, 6) is -0.0690. The van der Waals surface area contributed by atoms with Gasteiger partial charge in [0.2, 0.25) is 10.0 Å². The van der Waals surface area contributed by atoms with Crippen LogP contribution in [0.25, 0.3) is 0 Å². The van der Waals surface area contributed by atoms with Crippen LogP contribution in [0.15, 0.2) is 59.5 Å². The molecule has 0 aliphatic heterocycles. The minimum Gasteiger partial charge on any atom is -0.490 e. The summed E-state index contributed by atoms with van der Waals surface area (Å²) in [4.78, 5) is -0.204. The zero-order valence-corrected chi connectivity index (χ0v) is 22.0. The van der Waals surface area contributed by atoms with Gasteiger partial charge in [0.25, 0.3) is 0 Å². The fourth-order valence-corrected chi connectivity index (χ4v) is 5.33. The molecule has 194 valence electrons. The average molecular weight is 557 g/mol. The van der Waals surface area contributed by atoms with Crippen LogP contribution in [0.2, 0.25) is 10.0 Å². The second-order valence-corrected chi connectivity index (χ2v) is 10.8. The molecule has 0 amide bonds. The van der Waals surface area contributed by atoms with Crippen molar-refractivity contribution in [2.24, 2.45) is 0 Å². The summed E-state index contributed by atoms with van der Waals surface area (Å²) in [7, 11) is -4.19. The number of aryl methyl sites for hydroxylation is 2. The number of hydrogen-bond acceptors (Lipinski definition) is 6. The molecule has 2 unspecified atom stereocenters. The molecular formula is C25H27Cl2FN2O5S. The quantitative estimate of drug-likeness (QED) is 0.274. The molecule has 0 bridgehead atoms. The molecule has 3 aromatic carbocycles. The third-order valence-electron chi connectivity index (χ3n) is 5.39. The summed E-state index contributed by atoms with van der Waals surface area (Å²) in [6.45, 7) is 3.26. The Balaban J connectivity index is 1.67. The van der Waals surface area contributed by atoms with E-state index in [9.17, 15) is 23.0 Å². The number of para-hydroxylation sites is 1. The Kier molecular flexibility index (Phi) is 9.57. The lowest BCUT2D eigenvalue weighted by atomic mass is 10.1. The number of anilines is 1. The van der Waals surface area contributed by atoms with E-state index >= 15 is 0 Å². The second kappa shape index (κ2) is 12.2. The summed E-state index contributed by atoms with van der Waals surface area (Å²) in [6, 6.07) is 13.8. The fourth-order valence-electron chi connectivity index (χ4n) is 3.56. The highest BCUT2D eigenvalue weighted by Crippen LogP contribution is 2.28. The Morgan fingerprint density at radius 1 is 1.00 bits per heavy atom. The first kappa shape index (κ1) is 28.2. The maximum absolute atomic E-state index is 14.1. The standard InChI is InChI=1S/C25H27Cl2FN2O5S/c1-15-5-3-6-16(2)25(15)35-14-18(31)12-29-21-10-9-17(26)11-23(21)36(33,34)30-13-22(32)24-19(27)7-4-8-20(24)28/h3-11,18,22,29-32H,12-14H2,1-2H3. The van der Waals surface area contributed by atoms with E-state index in [-0.39, 0.29) is 39.3 Å². The topological polar surface area (TPSA) is 108 Å². The normalized spacial score (nSPS) is 13.3. The van der Waals surface area contributed by atoms with Crippen LogP contribution in [0, 0.1) is 19.7 Å². The number of aliphatic hydroxyl groups excluding tert-OH is 2. The summed E-state index contributed by atoms with van der Waals surface area (Å²) in [6.07, 6.45) is -2.47. The molecule has 0 aliphatic rings. The lowest BCUT2D eigenvalue weighted by molar-refractivity contribution is 0.117. The maximum Gasteiger partial charge on any atom is 0.242 e. The van der Waals surface area contributed by atoms with Gasteiger partial charge in [-0.3, -0.25) is 0 Å². The van der Waals surface area contributed by atoms with E-state index in [1.807, 2.05) is 32.0 Å². The highest BCUT2D eigenvalue weighted by atomic mass is 35.5. The van der Waals surface area contributed by atoms with Crippen LogP contribution in [0.1, 0.15) is 22.8 Å². The van der Waals surface area contributed by atoms with Gasteiger partial charge in [-0.15, -0.1) is 0 Å². The van der Waals surface area contributed by atoms with E-state index in [0.717, 1.165) is 17.2 Å². The molecule has 0 saturated heterocycles. The Bertz CT molecular complexity index is 1280. The van der Waals surface area contributed by atoms with Gasteiger partial charge in [0.15, 0.2) is 0 Å². The molecule has 36 heavy (non-hydrogen) atoms. The number of rotatable bonds is 11. The predicted octanol–water partition coefficient (Wildman–Crippen LogP) is 4.61. The SMILES string of the molecule is Cc1cccc(C)c1OCC(O)CNc1ccc(Cl)cc1S(=O)(=O)NCC(O)c1c(F)cccc1Cl. The Hall–Kier alpha value is -2.40. The van der Waals surface area contributed by atoms with Gasteiger partial charge in [-0.25, -0.2) is 17.5 Å². The molecule has 0 heterocycles. The Morgan fingerprint density at radius 3 is 2.33 bits per heavy atom. The molecule has 2 atom stereocenters. The molecule has 0 spiro atoms. The summed E-state index contributed by atoms with van der Waals surface area (Å²) >= 11 is 12.0. The van der Waals surface area contributed by atoms with Gasteiger partial charge in [-0.05, 0) is 55.3 Å². The van der Waals surface area contributed by atoms with Gasteiger partial charge in [0.05, 0.1) is 11.8 Å². The van der Waals surface area contributed by atoms with Crippen molar-refractivity contribution >= 4 is 38.9 Å². The lowest BCUT2D eigenvalue weighted by Crippen LogP contribution is -2.31. The van der Waals surface area contributed by atoms with Gasteiger partial charge in [0.1, 0.15) is 29.2 Å². The minimum absolute atomic E-state index is 0.0114. The van der Waals surface area contributed by atoms with Crippen molar-refractivity contribution in [2.75, 3.05) is 25.0 Å². The van der Waals surface area contributed by atoms with E-state index in [4.69, 9.17) is 27.9 Å². The largest absolute Gasteiger partial charge is 0.490 e. The number of sulfonamides is 1. The van der Waals surface area contributed by atoms with E-state index in [0.29, 0.717) is 5.75 Å². The van der Waals surface area contributed by atoms with Crippen molar-refractivity contribution in [3.05, 3.63) is 87.2 Å². The first-order valence-corrected chi connectivity index (χ1v) is 13.3. The first-order chi connectivity index (χ1) is 17.0. The van der Waals surface area contributed by atoms with Gasteiger partial charge in [-0.1, -0.05) is 47.5 Å². The van der Waals surface area contributed by atoms with E-state index in [1.165, 1.54) is 30.3 Å². The smallest absolute Gasteiger partial charge is 0.242 e. The number of benzene rings is 3.